The quantitative estimate of drug-likeness (QED) is 0.232. The third kappa shape index (κ3) is 4.49. The third-order valence-corrected chi connectivity index (χ3v) is 6.06. The van der Waals surface area contributed by atoms with Crippen molar-refractivity contribution in [2.75, 3.05) is 11.5 Å². The first-order valence-corrected chi connectivity index (χ1v) is 11.3. The number of aliphatic hydroxyl groups excluding tert-OH is 1. The SMILES string of the molecule is CCCCOc1cccc([C@H]2C(=C(O)c3ccc(F)cc3)C(=O)C(=O)N2c2nnc(C)s2)c1. The molecule has 1 aliphatic heterocycles. The van der Waals surface area contributed by atoms with Crippen LogP contribution in [0.1, 0.15) is 41.9 Å². The number of carbonyl (C=O) groups is 2. The molecule has 33 heavy (non-hydrogen) atoms. The zero-order valence-electron chi connectivity index (χ0n) is 18.1. The highest BCUT2D eigenvalue weighted by Gasteiger charge is 2.48. The van der Waals surface area contributed by atoms with E-state index in [1.165, 1.54) is 40.5 Å². The lowest BCUT2D eigenvalue weighted by Gasteiger charge is -2.23. The van der Waals surface area contributed by atoms with Gasteiger partial charge in [-0.15, -0.1) is 10.2 Å². The van der Waals surface area contributed by atoms with E-state index >= 15 is 0 Å². The number of ether oxygens (including phenoxy) is 1. The zero-order valence-corrected chi connectivity index (χ0v) is 18.9. The Morgan fingerprint density at radius 1 is 1.18 bits per heavy atom. The molecule has 170 valence electrons. The van der Waals surface area contributed by atoms with E-state index in [2.05, 4.69) is 17.1 Å². The van der Waals surface area contributed by atoms with Gasteiger partial charge in [0.1, 0.15) is 22.3 Å². The van der Waals surface area contributed by atoms with Gasteiger partial charge in [0.2, 0.25) is 5.13 Å². The van der Waals surface area contributed by atoms with Gasteiger partial charge in [-0.05, 0) is 55.3 Å². The van der Waals surface area contributed by atoms with Gasteiger partial charge < -0.3 is 9.84 Å². The molecule has 2 aromatic carbocycles. The standard InChI is InChI=1S/C24H22FN3O4S/c1-3-4-12-32-18-7-5-6-16(13-18)20-19(21(29)15-8-10-17(25)11-9-15)22(30)23(31)28(20)24-27-26-14(2)33-24/h5-11,13,20,29H,3-4,12H2,1-2H3/t20-/m0/s1. The number of rotatable bonds is 7. The lowest BCUT2D eigenvalue weighted by Crippen LogP contribution is -2.29. The van der Waals surface area contributed by atoms with Crippen LogP contribution in [0.3, 0.4) is 0 Å². The number of Topliss-reactive ketones (excluding diaryl/α,β-unsaturated/α-hetero) is 1. The number of ketones is 1. The van der Waals surface area contributed by atoms with Crippen molar-refractivity contribution in [3.63, 3.8) is 0 Å². The molecule has 3 aromatic rings. The summed E-state index contributed by atoms with van der Waals surface area (Å²) < 4.78 is 19.2. The summed E-state index contributed by atoms with van der Waals surface area (Å²) in [5, 5.41) is 19.9. The molecule has 9 heteroatoms. The Morgan fingerprint density at radius 2 is 1.94 bits per heavy atom. The normalized spacial score (nSPS) is 17.5. The van der Waals surface area contributed by atoms with Gasteiger partial charge in [0.05, 0.1) is 18.2 Å². The molecule has 0 radical (unpaired) electrons. The van der Waals surface area contributed by atoms with Gasteiger partial charge in [-0.2, -0.15) is 0 Å². The zero-order chi connectivity index (χ0) is 23.5. The van der Waals surface area contributed by atoms with Crippen molar-refractivity contribution >= 4 is 33.9 Å². The van der Waals surface area contributed by atoms with Crippen molar-refractivity contribution in [2.45, 2.75) is 32.7 Å². The van der Waals surface area contributed by atoms with E-state index in [1.54, 1.807) is 31.2 Å². The molecular formula is C24H22FN3O4S. The number of hydrogen-bond acceptors (Lipinski definition) is 7. The average molecular weight is 468 g/mol. The second-order valence-corrected chi connectivity index (χ2v) is 8.71. The summed E-state index contributed by atoms with van der Waals surface area (Å²) in [7, 11) is 0. The average Bonchev–Trinajstić information content (AvgIpc) is 3.35. The molecule has 1 aliphatic rings. The van der Waals surface area contributed by atoms with E-state index in [0.717, 1.165) is 12.8 Å². The topological polar surface area (TPSA) is 92.6 Å². The van der Waals surface area contributed by atoms with Crippen LogP contribution in [0.5, 0.6) is 5.75 Å². The van der Waals surface area contributed by atoms with E-state index < -0.39 is 23.5 Å². The van der Waals surface area contributed by atoms with Crippen molar-refractivity contribution in [1.82, 2.24) is 10.2 Å². The number of aromatic nitrogens is 2. The maximum atomic E-state index is 13.4. The van der Waals surface area contributed by atoms with Gasteiger partial charge in [-0.3, -0.25) is 14.5 Å². The largest absolute Gasteiger partial charge is 0.507 e. The smallest absolute Gasteiger partial charge is 0.301 e. The summed E-state index contributed by atoms with van der Waals surface area (Å²) in [6.45, 7) is 4.34. The summed E-state index contributed by atoms with van der Waals surface area (Å²) in [5.74, 6) is -1.96. The third-order valence-electron chi connectivity index (χ3n) is 5.22. The lowest BCUT2D eigenvalue weighted by atomic mass is 9.95. The van der Waals surface area contributed by atoms with Crippen molar-refractivity contribution < 1.29 is 23.8 Å². The molecular weight excluding hydrogens is 445 g/mol. The summed E-state index contributed by atoms with van der Waals surface area (Å²) >= 11 is 1.17. The predicted molar refractivity (Wildman–Crippen MR) is 123 cm³/mol. The van der Waals surface area contributed by atoms with Crippen LogP contribution in [0.25, 0.3) is 5.76 Å². The van der Waals surface area contributed by atoms with E-state index in [4.69, 9.17) is 4.74 Å². The van der Waals surface area contributed by atoms with E-state index in [1.807, 2.05) is 0 Å². The molecule has 4 rings (SSSR count). The first kappa shape index (κ1) is 22.6. The molecule has 1 fully saturated rings. The maximum absolute atomic E-state index is 13.4. The number of aliphatic hydroxyl groups is 1. The molecule has 1 N–H and O–H groups in total. The van der Waals surface area contributed by atoms with Crippen LogP contribution in [0.2, 0.25) is 0 Å². The minimum Gasteiger partial charge on any atom is -0.507 e. The van der Waals surface area contributed by atoms with Crippen LogP contribution in [0.4, 0.5) is 9.52 Å². The lowest BCUT2D eigenvalue weighted by molar-refractivity contribution is -0.132. The predicted octanol–water partition coefficient (Wildman–Crippen LogP) is 4.79. The fourth-order valence-corrected chi connectivity index (χ4v) is 4.31. The van der Waals surface area contributed by atoms with Crippen LogP contribution in [0.15, 0.2) is 54.1 Å². The molecule has 2 heterocycles. The monoisotopic (exact) mass is 467 g/mol. The molecule has 7 nitrogen and oxygen atoms in total. The van der Waals surface area contributed by atoms with Gasteiger partial charge >= 0.3 is 5.91 Å². The Hall–Kier alpha value is -3.59. The molecule has 0 aliphatic carbocycles. The molecule has 1 amide bonds. The Morgan fingerprint density at radius 3 is 2.61 bits per heavy atom. The molecule has 1 saturated heterocycles. The fraction of sp³-hybridized carbons (Fsp3) is 0.250. The fourth-order valence-electron chi connectivity index (χ4n) is 3.60. The first-order chi connectivity index (χ1) is 15.9. The highest BCUT2D eigenvalue weighted by atomic mass is 32.1. The number of nitrogens with zero attached hydrogens (tertiary/aromatic N) is 3. The molecule has 1 atom stereocenters. The second-order valence-electron chi connectivity index (χ2n) is 7.55. The van der Waals surface area contributed by atoms with Gasteiger partial charge in [0.25, 0.3) is 5.78 Å². The summed E-state index contributed by atoms with van der Waals surface area (Å²) in [5.41, 5.74) is 0.688. The van der Waals surface area contributed by atoms with Crippen LogP contribution in [0, 0.1) is 12.7 Å². The molecule has 1 aromatic heterocycles. The molecule has 0 saturated carbocycles. The summed E-state index contributed by atoms with van der Waals surface area (Å²) in [6.07, 6.45) is 1.87. The Labute approximate surface area is 194 Å². The van der Waals surface area contributed by atoms with Crippen LogP contribution in [-0.4, -0.2) is 33.6 Å². The number of aryl methyl sites for hydroxylation is 1. The van der Waals surface area contributed by atoms with E-state index in [0.29, 0.717) is 22.9 Å². The van der Waals surface area contributed by atoms with Crippen molar-refractivity contribution in [1.29, 1.82) is 0 Å². The van der Waals surface area contributed by atoms with Gasteiger partial charge in [0.15, 0.2) is 0 Å². The van der Waals surface area contributed by atoms with Crippen LogP contribution < -0.4 is 9.64 Å². The second kappa shape index (κ2) is 9.50. The molecule has 0 spiro atoms. The number of halogens is 1. The number of benzene rings is 2. The number of unbranched alkanes of at least 4 members (excludes halogenated alkanes) is 1. The number of amides is 1. The van der Waals surface area contributed by atoms with E-state index in [-0.39, 0.29) is 22.0 Å². The van der Waals surface area contributed by atoms with Crippen molar-refractivity contribution in [3.05, 3.63) is 76.1 Å². The number of carbonyl (C=O) groups excluding carboxylic acids is 2. The Kier molecular flexibility index (Phi) is 6.50. The Balaban J connectivity index is 1.86. The number of hydrogen-bond donors (Lipinski definition) is 1. The highest BCUT2D eigenvalue weighted by molar-refractivity contribution is 7.15. The maximum Gasteiger partial charge on any atom is 0.301 e. The first-order valence-electron chi connectivity index (χ1n) is 10.5. The van der Waals surface area contributed by atoms with Crippen molar-refractivity contribution in [2.24, 2.45) is 0 Å². The van der Waals surface area contributed by atoms with Crippen LogP contribution in [-0.2, 0) is 9.59 Å². The molecule has 0 unspecified atom stereocenters. The minimum absolute atomic E-state index is 0.106. The minimum atomic E-state index is -0.947. The van der Waals surface area contributed by atoms with Crippen LogP contribution >= 0.6 is 11.3 Å². The summed E-state index contributed by atoms with van der Waals surface area (Å²) in [6, 6.07) is 11.2. The van der Waals surface area contributed by atoms with Crippen molar-refractivity contribution in [3.8, 4) is 5.75 Å². The molecule has 0 bridgehead atoms. The summed E-state index contributed by atoms with van der Waals surface area (Å²) in [4.78, 5) is 27.4. The highest BCUT2D eigenvalue weighted by Crippen LogP contribution is 2.43. The van der Waals surface area contributed by atoms with Gasteiger partial charge in [-0.1, -0.05) is 36.8 Å². The Bertz CT molecular complexity index is 1220. The van der Waals surface area contributed by atoms with Gasteiger partial charge in [0, 0.05) is 5.56 Å². The van der Waals surface area contributed by atoms with E-state index in [9.17, 15) is 19.1 Å². The number of anilines is 1. The van der Waals surface area contributed by atoms with Gasteiger partial charge in [-0.25, -0.2) is 4.39 Å².